The molecule has 1 aromatic carbocycles. The van der Waals surface area contributed by atoms with Crippen LogP contribution < -0.4 is 16.0 Å². The fraction of sp³-hybridized carbons (Fsp3) is 0.429. The van der Waals surface area contributed by atoms with Crippen LogP contribution >= 0.6 is 24.0 Å². The first-order chi connectivity index (χ1) is 9.52. The van der Waals surface area contributed by atoms with E-state index in [-0.39, 0.29) is 42.6 Å². The lowest BCUT2D eigenvalue weighted by atomic mass is 10.1. The lowest BCUT2D eigenvalue weighted by Crippen LogP contribution is -2.41. The van der Waals surface area contributed by atoms with Crippen LogP contribution in [0.1, 0.15) is 13.3 Å². The number of hydrogen-bond donors (Lipinski definition) is 2. The summed E-state index contributed by atoms with van der Waals surface area (Å²) in [6.07, 6.45) is 0.203. The van der Waals surface area contributed by atoms with Crippen molar-refractivity contribution in [2.75, 3.05) is 18.0 Å². The van der Waals surface area contributed by atoms with Gasteiger partial charge in [0.05, 0.1) is 16.6 Å². The molecule has 0 bridgehead atoms. The van der Waals surface area contributed by atoms with E-state index in [1.165, 1.54) is 0 Å². The van der Waals surface area contributed by atoms with Gasteiger partial charge in [-0.3, -0.25) is 9.59 Å². The molecule has 3 N–H and O–H groups in total. The van der Waals surface area contributed by atoms with Crippen molar-refractivity contribution in [3.05, 3.63) is 29.3 Å². The second-order valence-corrected chi connectivity index (χ2v) is 5.41. The summed E-state index contributed by atoms with van der Waals surface area (Å²) in [5.41, 5.74) is 6.13. The molecule has 1 fully saturated rings. The van der Waals surface area contributed by atoms with Crippen LogP contribution in [0.15, 0.2) is 24.3 Å². The lowest BCUT2D eigenvalue weighted by Gasteiger charge is -2.18. The highest BCUT2D eigenvalue weighted by Crippen LogP contribution is 2.30. The molecule has 5 nitrogen and oxygen atoms in total. The minimum absolute atomic E-state index is 0. The van der Waals surface area contributed by atoms with E-state index in [2.05, 4.69) is 5.32 Å². The number of nitrogens with two attached hydrogens (primary N) is 1. The monoisotopic (exact) mass is 331 g/mol. The Kier molecular flexibility index (Phi) is 6.45. The van der Waals surface area contributed by atoms with E-state index in [1.807, 2.05) is 13.0 Å². The molecule has 1 unspecified atom stereocenters. The van der Waals surface area contributed by atoms with Gasteiger partial charge in [0.15, 0.2) is 0 Å². The molecule has 1 saturated heterocycles. The summed E-state index contributed by atoms with van der Waals surface area (Å²) >= 11 is 6.09. The van der Waals surface area contributed by atoms with Crippen molar-refractivity contribution in [1.29, 1.82) is 0 Å². The molecule has 2 rings (SSSR count). The minimum atomic E-state index is -0.354. The molecule has 116 valence electrons. The fourth-order valence-electron chi connectivity index (χ4n) is 2.21. The summed E-state index contributed by atoms with van der Waals surface area (Å²) in [7, 11) is 0. The van der Waals surface area contributed by atoms with Gasteiger partial charge in [0.25, 0.3) is 0 Å². The molecule has 2 atom stereocenters. The van der Waals surface area contributed by atoms with E-state index in [1.54, 1.807) is 23.1 Å². The summed E-state index contributed by atoms with van der Waals surface area (Å²) in [4.78, 5) is 25.7. The Bertz CT molecular complexity index is 525. The van der Waals surface area contributed by atoms with Gasteiger partial charge in [-0.05, 0) is 19.1 Å². The number of nitrogens with zero attached hydrogens (tertiary/aromatic N) is 1. The predicted molar refractivity (Wildman–Crippen MR) is 85.8 cm³/mol. The Hall–Kier alpha value is -1.30. The highest BCUT2D eigenvalue weighted by Gasteiger charge is 2.36. The maximum absolute atomic E-state index is 12.1. The highest BCUT2D eigenvalue weighted by molar-refractivity contribution is 6.33. The van der Waals surface area contributed by atoms with Crippen LogP contribution in [-0.2, 0) is 9.59 Å². The van der Waals surface area contributed by atoms with Crippen molar-refractivity contribution in [3.8, 4) is 0 Å². The average molecular weight is 332 g/mol. The van der Waals surface area contributed by atoms with Crippen LogP contribution in [0.5, 0.6) is 0 Å². The number of hydrogen-bond acceptors (Lipinski definition) is 3. The topological polar surface area (TPSA) is 75.4 Å². The van der Waals surface area contributed by atoms with Gasteiger partial charge in [-0.2, -0.15) is 0 Å². The molecule has 2 amide bonds. The Labute approximate surface area is 135 Å². The summed E-state index contributed by atoms with van der Waals surface area (Å²) in [5, 5.41) is 3.31. The normalized spacial score (nSPS) is 19.1. The molecule has 21 heavy (non-hydrogen) atoms. The molecular weight excluding hydrogens is 313 g/mol. The van der Waals surface area contributed by atoms with Crippen molar-refractivity contribution in [3.63, 3.8) is 0 Å². The van der Waals surface area contributed by atoms with Crippen LogP contribution in [0.3, 0.4) is 0 Å². The van der Waals surface area contributed by atoms with E-state index in [0.29, 0.717) is 23.8 Å². The van der Waals surface area contributed by atoms with E-state index in [4.69, 9.17) is 17.3 Å². The predicted octanol–water partition coefficient (Wildman–Crippen LogP) is 1.58. The summed E-state index contributed by atoms with van der Waals surface area (Å²) in [6.45, 7) is 2.56. The molecule has 7 heteroatoms. The van der Waals surface area contributed by atoms with Gasteiger partial charge in [-0.25, -0.2) is 0 Å². The minimum Gasteiger partial charge on any atom is -0.352 e. The smallest absolute Gasteiger partial charge is 0.227 e. The zero-order valence-electron chi connectivity index (χ0n) is 11.7. The van der Waals surface area contributed by atoms with Gasteiger partial charge in [-0.15, -0.1) is 12.4 Å². The number of halogens is 2. The molecule has 0 saturated carbocycles. The van der Waals surface area contributed by atoms with Gasteiger partial charge < -0.3 is 16.0 Å². The standard InChI is InChI=1S/C14H18ClN3O2.ClH/c1-9(7-16)17-14(20)10-6-13(19)18(8-10)12-5-3-2-4-11(12)15;/h2-5,9-10H,6-8,16H2,1H3,(H,17,20);1H/t9-,10?;/m0./s1. The van der Waals surface area contributed by atoms with Gasteiger partial charge in [0.1, 0.15) is 0 Å². The maximum Gasteiger partial charge on any atom is 0.227 e. The number of para-hydroxylation sites is 1. The van der Waals surface area contributed by atoms with Crippen molar-refractivity contribution in [1.82, 2.24) is 5.32 Å². The molecule has 1 heterocycles. The molecule has 0 radical (unpaired) electrons. The van der Waals surface area contributed by atoms with Crippen molar-refractivity contribution in [2.45, 2.75) is 19.4 Å². The third-order valence-corrected chi connectivity index (χ3v) is 3.70. The number of nitrogens with one attached hydrogen (secondary N) is 1. The van der Waals surface area contributed by atoms with Crippen LogP contribution in [0.2, 0.25) is 5.02 Å². The van der Waals surface area contributed by atoms with Crippen LogP contribution in [-0.4, -0.2) is 30.9 Å². The fourth-order valence-corrected chi connectivity index (χ4v) is 2.44. The second kappa shape index (κ2) is 7.64. The maximum atomic E-state index is 12.1. The summed E-state index contributed by atoms with van der Waals surface area (Å²) in [5.74, 6) is -0.572. The van der Waals surface area contributed by atoms with E-state index >= 15 is 0 Å². The average Bonchev–Trinajstić information content (AvgIpc) is 2.81. The Morgan fingerprint density at radius 1 is 1.52 bits per heavy atom. The van der Waals surface area contributed by atoms with Crippen molar-refractivity contribution in [2.24, 2.45) is 11.7 Å². The molecular formula is C14H19Cl2N3O2. The van der Waals surface area contributed by atoms with Gasteiger partial charge in [0, 0.05) is 25.6 Å². The molecule has 0 spiro atoms. The number of rotatable bonds is 4. The SMILES string of the molecule is C[C@@H](CN)NC(=O)C1CC(=O)N(c2ccccc2Cl)C1.Cl. The Morgan fingerprint density at radius 3 is 2.81 bits per heavy atom. The van der Waals surface area contributed by atoms with Crippen LogP contribution in [0, 0.1) is 5.92 Å². The zero-order valence-corrected chi connectivity index (χ0v) is 13.3. The first-order valence-electron chi connectivity index (χ1n) is 6.58. The molecule has 1 aliphatic rings. The molecule has 0 aromatic heterocycles. The zero-order chi connectivity index (χ0) is 14.7. The molecule has 1 aromatic rings. The Morgan fingerprint density at radius 2 is 2.19 bits per heavy atom. The Balaban J connectivity index is 0.00000220. The number of carbonyl (C=O) groups is 2. The van der Waals surface area contributed by atoms with Crippen LogP contribution in [0.25, 0.3) is 0 Å². The van der Waals surface area contributed by atoms with E-state index in [9.17, 15) is 9.59 Å². The summed E-state index contributed by atoms with van der Waals surface area (Å²) in [6, 6.07) is 7.04. The quantitative estimate of drug-likeness (QED) is 0.879. The van der Waals surface area contributed by atoms with E-state index < -0.39 is 0 Å². The first kappa shape index (κ1) is 17.8. The summed E-state index contributed by atoms with van der Waals surface area (Å²) < 4.78 is 0. The number of anilines is 1. The molecule has 0 aliphatic carbocycles. The van der Waals surface area contributed by atoms with Crippen molar-refractivity contribution < 1.29 is 9.59 Å². The van der Waals surface area contributed by atoms with Crippen LogP contribution in [0.4, 0.5) is 5.69 Å². The first-order valence-corrected chi connectivity index (χ1v) is 6.96. The van der Waals surface area contributed by atoms with Gasteiger partial charge >= 0.3 is 0 Å². The number of benzene rings is 1. The largest absolute Gasteiger partial charge is 0.352 e. The van der Waals surface area contributed by atoms with E-state index in [0.717, 1.165) is 0 Å². The lowest BCUT2D eigenvalue weighted by molar-refractivity contribution is -0.126. The van der Waals surface area contributed by atoms with Gasteiger partial charge in [-0.1, -0.05) is 23.7 Å². The third kappa shape index (κ3) is 4.09. The number of carbonyl (C=O) groups excluding carboxylic acids is 2. The third-order valence-electron chi connectivity index (χ3n) is 3.38. The van der Waals surface area contributed by atoms with Crippen molar-refractivity contribution >= 4 is 41.5 Å². The second-order valence-electron chi connectivity index (χ2n) is 5.00. The highest BCUT2D eigenvalue weighted by atomic mass is 35.5. The molecule has 1 aliphatic heterocycles. The van der Waals surface area contributed by atoms with Gasteiger partial charge in [0.2, 0.25) is 11.8 Å². The number of amides is 2.